The van der Waals surface area contributed by atoms with Crippen LogP contribution >= 0.6 is 7.26 Å². The van der Waals surface area contributed by atoms with Crippen molar-refractivity contribution in [3.8, 4) is 0 Å². The van der Waals surface area contributed by atoms with Crippen LogP contribution in [-0.4, -0.2) is 24.6 Å². The van der Waals surface area contributed by atoms with Crippen LogP contribution in [0.4, 0.5) is 0 Å². The van der Waals surface area contributed by atoms with Crippen LogP contribution in [0.25, 0.3) is 0 Å². The molecule has 0 aromatic rings. The van der Waals surface area contributed by atoms with E-state index in [-0.39, 0.29) is 17.0 Å². The molecule has 0 aliphatic carbocycles. The van der Waals surface area contributed by atoms with E-state index >= 15 is 0 Å². The standard InChI is InChI=1S/C15H34P.BrH/c1-5-9-10-11-15-16(12-6-2,13-7-3)14-8-4;/h5-15H2,1-4H3;1H/q+1;/p-1. The van der Waals surface area contributed by atoms with Gasteiger partial charge in [-0.25, -0.2) is 0 Å². The van der Waals surface area contributed by atoms with E-state index in [4.69, 9.17) is 0 Å². The largest absolute Gasteiger partial charge is 1.00 e. The van der Waals surface area contributed by atoms with E-state index in [1.165, 1.54) is 44.9 Å². The Kier molecular flexibility index (Phi) is 15.9. The first kappa shape index (κ1) is 20.2. The van der Waals surface area contributed by atoms with Gasteiger partial charge in [0.2, 0.25) is 0 Å². The van der Waals surface area contributed by atoms with E-state index in [0.717, 1.165) is 0 Å². The molecule has 0 rings (SSSR count). The minimum Gasteiger partial charge on any atom is -1.00 e. The minimum absolute atomic E-state index is 0. The molecule has 0 amide bonds. The third-order valence-corrected chi connectivity index (χ3v) is 9.03. The van der Waals surface area contributed by atoms with Gasteiger partial charge in [-0.05, 0) is 32.1 Å². The van der Waals surface area contributed by atoms with Crippen LogP contribution in [0.1, 0.15) is 72.6 Å². The molecule has 0 nitrogen and oxygen atoms in total. The van der Waals surface area contributed by atoms with Gasteiger partial charge in [0.15, 0.2) is 0 Å². The average molecular weight is 325 g/mol. The van der Waals surface area contributed by atoms with Gasteiger partial charge in [-0.3, -0.25) is 0 Å². The summed E-state index contributed by atoms with van der Waals surface area (Å²) in [4.78, 5) is 0. The van der Waals surface area contributed by atoms with Gasteiger partial charge >= 0.3 is 0 Å². The molecule has 0 bridgehead atoms. The van der Waals surface area contributed by atoms with E-state index in [1.807, 2.05) is 0 Å². The normalized spacial score (nSPS) is 11.3. The van der Waals surface area contributed by atoms with Crippen LogP contribution in [0.15, 0.2) is 0 Å². The molecule has 0 spiro atoms. The average Bonchev–Trinajstić information content (AvgIpc) is 2.26. The van der Waals surface area contributed by atoms with Gasteiger partial charge in [-0.1, -0.05) is 40.5 Å². The zero-order chi connectivity index (χ0) is 12.3. The molecule has 0 saturated heterocycles. The second kappa shape index (κ2) is 13.3. The molecule has 0 atom stereocenters. The summed E-state index contributed by atoms with van der Waals surface area (Å²) in [7, 11) is -0.536. The highest BCUT2D eigenvalue weighted by atomic mass is 79.9. The lowest BCUT2D eigenvalue weighted by molar-refractivity contribution is -0.00000384. The van der Waals surface area contributed by atoms with Gasteiger partial charge in [0, 0.05) is 7.26 Å². The Labute approximate surface area is 121 Å². The number of hydrogen-bond donors (Lipinski definition) is 0. The molecule has 17 heavy (non-hydrogen) atoms. The Morgan fingerprint density at radius 2 is 1.00 bits per heavy atom. The molecule has 2 heteroatoms. The first-order valence-electron chi connectivity index (χ1n) is 7.59. The zero-order valence-electron chi connectivity index (χ0n) is 12.6. The Morgan fingerprint density at radius 3 is 1.35 bits per heavy atom. The lowest BCUT2D eigenvalue weighted by Crippen LogP contribution is -3.00. The molecular weight excluding hydrogens is 291 g/mol. The van der Waals surface area contributed by atoms with Crippen molar-refractivity contribution >= 4 is 7.26 Å². The fourth-order valence-corrected chi connectivity index (χ4v) is 8.05. The third-order valence-electron chi connectivity index (χ3n) is 3.58. The van der Waals surface area contributed by atoms with Crippen molar-refractivity contribution in [3.05, 3.63) is 0 Å². The van der Waals surface area contributed by atoms with Gasteiger partial charge in [0.25, 0.3) is 0 Å². The Balaban J connectivity index is 0. The van der Waals surface area contributed by atoms with Gasteiger partial charge in [-0.15, -0.1) is 0 Å². The minimum atomic E-state index is -0.536. The maximum atomic E-state index is 2.38. The molecule has 0 fully saturated rings. The van der Waals surface area contributed by atoms with Crippen LogP contribution in [0.3, 0.4) is 0 Å². The van der Waals surface area contributed by atoms with Crippen molar-refractivity contribution in [1.29, 1.82) is 0 Å². The quantitative estimate of drug-likeness (QED) is 0.405. The molecule has 0 saturated carbocycles. The number of hydrogen-bond acceptors (Lipinski definition) is 0. The molecule has 0 radical (unpaired) electrons. The second-order valence-corrected chi connectivity index (χ2v) is 9.77. The summed E-state index contributed by atoms with van der Waals surface area (Å²) in [6.07, 6.45) is 16.4. The SMILES string of the molecule is CCCCCC[P+](CCC)(CCC)CCC.[Br-]. The summed E-state index contributed by atoms with van der Waals surface area (Å²) in [6.45, 7) is 9.46. The van der Waals surface area contributed by atoms with Crippen molar-refractivity contribution in [2.24, 2.45) is 0 Å². The Bertz CT molecular complexity index is 131. The fourth-order valence-electron chi connectivity index (χ4n) is 2.97. The molecule has 106 valence electrons. The molecule has 0 aliphatic heterocycles. The van der Waals surface area contributed by atoms with Gasteiger partial charge in [0.05, 0.1) is 24.6 Å². The number of rotatable bonds is 11. The molecule has 0 aliphatic rings. The summed E-state index contributed by atoms with van der Waals surface area (Å²) in [5.74, 6) is 0. The van der Waals surface area contributed by atoms with Crippen LogP contribution in [0.5, 0.6) is 0 Å². The van der Waals surface area contributed by atoms with E-state index in [1.54, 1.807) is 24.6 Å². The smallest absolute Gasteiger partial charge is 0.0594 e. The van der Waals surface area contributed by atoms with Gasteiger partial charge in [-0.2, -0.15) is 0 Å². The number of unbranched alkanes of at least 4 members (excludes halogenated alkanes) is 3. The predicted octanol–water partition coefficient (Wildman–Crippen LogP) is 2.82. The number of halogens is 1. The molecular formula is C15H34BrP. The maximum absolute atomic E-state index is 2.38. The Hall–Kier alpha value is 0.910. The van der Waals surface area contributed by atoms with Crippen molar-refractivity contribution in [2.75, 3.05) is 24.6 Å². The van der Waals surface area contributed by atoms with E-state index in [0.29, 0.717) is 0 Å². The van der Waals surface area contributed by atoms with Crippen LogP contribution in [0.2, 0.25) is 0 Å². The van der Waals surface area contributed by atoms with Crippen LogP contribution < -0.4 is 17.0 Å². The van der Waals surface area contributed by atoms with Crippen molar-refractivity contribution in [2.45, 2.75) is 72.6 Å². The van der Waals surface area contributed by atoms with Gasteiger partial charge < -0.3 is 17.0 Å². The third kappa shape index (κ3) is 9.48. The molecule has 0 aromatic heterocycles. The van der Waals surface area contributed by atoms with Crippen molar-refractivity contribution in [3.63, 3.8) is 0 Å². The van der Waals surface area contributed by atoms with Crippen molar-refractivity contribution in [1.82, 2.24) is 0 Å². The second-order valence-electron chi connectivity index (χ2n) is 5.30. The highest BCUT2D eigenvalue weighted by Gasteiger charge is 2.33. The van der Waals surface area contributed by atoms with E-state index in [2.05, 4.69) is 27.7 Å². The summed E-state index contributed by atoms with van der Waals surface area (Å²) < 4.78 is 0. The van der Waals surface area contributed by atoms with Crippen molar-refractivity contribution < 1.29 is 17.0 Å². The molecule has 0 heterocycles. The zero-order valence-corrected chi connectivity index (χ0v) is 15.1. The first-order chi connectivity index (χ1) is 7.74. The molecule has 0 N–H and O–H groups in total. The topological polar surface area (TPSA) is 0 Å². The Morgan fingerprint density at radius 1 is 0.529 bits per heavy atom. The molecule has 0 unspecified atom stereocenters. The van der Waals surface area contributed by atoms with Crippen LogP contribution in [-0.2, 0) is 0 Å². The first-order valence-corrected chi connectivity index (χ1v) is 10.1. The lowest BCUT2D eigenvalue weighted by atomic mass is 10.2. The summed E-state index contributed by atoms with van der Waals surface area (Å²) >= 11 is 0. The van der Waals surface area contributed by atoms with Crippen LogP contribution in [0, 0.1) is 0 Å². The lowest BCUT2D eigenvalue weighted by Gasteiger charge is -2.27. The maximum Gasteiger partial charge on any atom is 0.0594 e. The summed E-state index contributed by atoms with van der Waals surface area (Å²) in [5, 5.41) is 0. The monoisotopic (exact) mass is 324 g/mol. The fraction of sp³-hybridized carbons (Fsp3) is 1.00. The molecule has 0 aromatic carbocycles. The highest BCUT2D eigenvalue weighted by molar-refractivity contribution is 7.75. The van der Waals surface area contributed by atoms with Gasteiger partial charge in [0.1, 0.15) is 0 Å². The predicted molar refractivity (Wildman–Crippen MR) is 81.4 cm³/mol. The van der Waals surface area contributed by atoms with E-state index < -0.39 is 7.26 Å². The summed E-state index contributed by atoms with van der Waals surface area (Å²) in [5.41, 5.74) is 0. The van der Waals surface area contributed by atoms with E-state index in [9.17, 15) is 0 Å². The highest BCUT2D eigenvalue weighted by Crippen LogP contribution is 2.60. The summed E-state index contributed by atoms with van der Waals surface area (Å²) in [6, 6.07) is 0.